The number of likely N-dealkylation sites (tertiary alicyclic amines) is 2. The van der Waals surface area contributed by atoms with E-state index in [1.807, 2.05) is 0 Å². The van der Waals surface area contributed by atoms with Gasteiger partial charge in [0.1, 0.15) is 5.69 Å². The smallest absolute Gasteiger partial charge is 0.268 e. The number of nitrogens with zero attached hydrogens (tertiary/aromatic N) is 4. The van der Waals surface area contributed by atoms with Crippen LogP contribution in [0, 0.1) is 0 Å². The minimum atomic E-state index is -0.533. The van der Waals surface area contributed by atoms with Crippen molar-refractivity contribution in [2.24, 2.45) is 5.73 Å². The maximum Gasteiger partial charge on any atom is 0.268 e. The van der Waals surface area contributed by atoms with E-state index in [0.717, 1.165) is 51.0 Å². The second kappa shape index (κ2) is 10.3. The van der Waals surface area contributed by atoms with E-state index >= 15 is 0 Å². The predicted molar refractivity (Wildman–Crippen MR) is 109 cm³/mol. The predicted octanol–water partition coefficient (Wildman–Crippen LogP) is 1.86. The molecule has 2 saturated heterocycles. The molecule has 3 heterocycles. The molecule has 0 saturated carbocycles. The summed E-state index contributed by atoms with van der Waals surface area (Å²) in [4.78, 5) is 24.4. The van der Waals surface area contributed by atoms with Crippen LogP contribution in [0.25, 0.3) is 0 Å². The van der Waals surface area contributed by atoms with E-state index in [1.54, 1.807) is 6.20 Å². The normalized spacial score (nSPS) is 20.7. The number of carbonyl (C=O) groups excluding carboxylic acids is 1. The maximum atomic E-state index is 11.0. The number of rotatable bonds is 8. The Morgan fingerprint density at radius 2 is 1.75 bits per heavy atom. The molecule has 0 atom stereocenters. The van der Waals surface area contributed by atoms with E-state index in [2.05, 4.69) is 33.6 Å². The highest BCUT2D eigenvalue weighted by molar-refractivity contribution is 5.90. The molecule has 1 amide bonds. The summed E-state index contributed by atoms with van der Waals surface area (Å²) in [5, 5.41) is 0. The van der Waals surface area contributed by atoms with Crippen molar-refractivity contribution in [2.75, 3.05) is 32.7 Å². The Balaban J connectivity index is 1.30. The van der Waals surface area contributed by atoms with Crippen LogP contribution in [0.5, 0.6) is 0 Å². The first-order valence-electron chi connectivity index (χ1n) is 10.7. The summed E-state index contributed by atoms with van der Waals surface area (Å²) < 4.78 is 6.40. The average molecular weight is 390 g/mol. The van der Waals surface area contributed by atoms with Crippen LogP contribution in [0.2, 0.25) is 0 Å². The van der Waals surface area contributed by atoms with Crippen LogP contribution in [0.3, 0.4) is 0 Å². The van der Waals surface area contributed by atoms with Crippen molar-refractivity contribution >= 4 is 5.91 Å². The first kappa shape index (κ1) is 21.1. The topological polar surface area (TPSA) is 84.6 Å². The highest BCUT2D eigenvalue weighted by atomic mass is 16.5. The third-order valence-electron chi connectivity index (χ3n) is 5.99. The number of nitrogens with two attached hydrogens (primary N) is 1. The first-order chi connectivity index (χ1) is 13.5. The number of piperidine rings is 2. The fourth-order valence-electron chi connectivity index (χ4n) is 4.16. The number of aromatic nitrogens is 2. The zero-order valence-electron chi connectivity index (χ0n) is 17.3. The van der Waals surface area contributed by atoms with Gasteiger partial charge in [0.2, 0.25) is 0 Å². The molecule has 2 aliphatic heterocycles. The molecular formula is C21H35N5O2. The van der Waals surface area contributed by atoms with Gasteiger partial charge in [-0.3, -0.25) is 9.78 Å². The van der Waals surface area contributed by atoms with Gasteiger partial charge in [0.25, 0.3) is 5.91 Å². The first-order valence-corrected chi connectivity index (χ1v) is 10.7. The molecule has 3 rings (SSSR count). The zero-order valence-corrected chi connectivity index (χ0v) is 17.3. The number of aryl methyl sites for hydroxylation is 1. The summed E-state index contributed by atoms with van der Waals surface area (Å²) in [7, 11) is 0. The summed E-state index contributed by atoms with van der Waals surface area (Å²) in [5.74, 6) is -0.533. The van der Waals surface area contributed by atoms with E-state index in [-0.39, 0.29) is 5.69 Å². The molecular weight excluding hydrogens is 354 g/mol. The van der Waals surface area contributed by atoms with Crippen molar-refractivity contribution in [1.82, 2.24) is 19.8 Å². The Morgan fingerprint density at radius 3 is 2.29 bits per heavy atom. The van der Waals surface area contributed by atoms with Crippen LogP contribution in [0.4, 0.5) is 0 Å². The van der Waals surface area contributed by atoms with Crippen LogP contribution >= 0.6 is 0 Å². The number of hydrogen-bond donors (Lipinski definition) is 1. The second-order valence-electron chi connectivity index (χ2n) is 8.37. The van der Waals surface area contributed by atoms with Gasteiger partial charge >= 0.3 is 0 Å². The Bertz CT molecular complexity index is 606. The highest BCUT2D eigenvalue weighted by Crippen LogP contribution is 2.22. The molecule has 0 unspecified atom stereocenters. The Kier molecular flexibility index (Phi) is 7.76. The third kappa shape index (κ3) is 6.22. The Labute approximate surface area is 168 Å². The van der Waals surface area contributed by atoms with Crippen LogP contribution < -0.4 is 5.73 Å². The molecule has 7 heteroatoms. The van der Waals surface area contributed by atoms with Crippen LogP contribution in [0.1, 0.15) is 62.1 Å². The van der Waals surface area contributed by atoms with Gasteiger partial charge in [0.05, 0.1) is 24.1 Å². The third-order valence-corrected chi connectivity index (χ3v) is 5.99. The molecule has 0 bridgehead atoms. The molecule has 0 spiro atoms. The average Bonchev–Trinajstić information content (AvgIpc) is 2.70. The summed E-state index contributed by atoms with van der Waals surface area (Å²) in [6, 6.07) is 0.649. The number of primary amides is 1. The number of ether oxygens (including phenoxy) is 1. The monoisotopic (exact) mass is 389 g/mol. The van der Waals surface area contributed by atoms with Crippen LogP contribution in [-0.2, 0) is 11.2 Å². The molecule has 2 N–H and O–H groups in total. The fraction of sp³-hybridized carbons (Fsp3) is 0.762. The fourth-order valence-corrected chi connectivity index (χ4v) is 4.16. The van der Waals surface area contributed by atoms with Crippen molar-refractivity contribution in [2.45, 2.75) is 70.6 Å². The lowest BCUT2D eigenvalue weighted by Gasteiger charge is -2.38. The minimum absolute atomic E-state index is 0.223. The lowest BCUT2D eigenvalue weighted by molar-refractivity contribution is -0.0674. The quantitative estimate of drug-likeness (QED) is 0.731. The molecule has 2 aliphatic rings. The van der Waals surface area contributed by atoms with Crippen molar-refractivity contribution in [3.63, 3.8) is 0 Å². The van der Waals surface area contributed by atoms with Gasteiger partial charge in [0.15, 0.2) is 0 Å². The van der Waals surface area contributed by atoms with Crippen molar-refractivity contribution in [3.8, 4) is 0 Å². The van der Waals surface area contributed by atoms with Gasteiger partial charge in [-0.25, -0.2) is 4.98 Å². The standard InChI is InChI=1S/C21H35N5O2/c1-16(2)26-12-7-19(8-13-26)28-18-5-10-25(11-6-18)9-3-4-17-14-24-20(15-23-17)21(22)27/h14-16,18-19H,3-13H2,1-2H3,(H2,22,27). The van der Waals surface area contributed by atoms with Gasteiger partial charge in [-0.05, 0) is 58.9 Å². The van der Waals surface area contributed by atoms with E-state index in [0.29, 0.717) is 18.2 Å². The second-order valence-corrected chi connectivity index (χ2v) is 8.37. The minimum Gasteiger partial charge on any atom is -0.375 e. The van der Waals surface area contributed by atoms with Gasteiger partial charge in [0, 0.05) is 38.4 Å². The lowest BCUT2D eigenvalue weighted by Crippen LogP contribution is -2.44. The molecule has 1 aromatic rings. The number of amides is 1. The van der Waals surface area contributed by atoms with Gasteiger partial charge in [-0.1, -0.05) is 0 Å². The summed E-state index contributed by atoms with van der Waals surface area (Å²) >= 11 is 0. The van der Waals surface area contributed by atoms with Gasteiger partial charge in [-0.2, -0.15) is 0 Å². The van der Waals surface area contributed by atoms with Crippen LogP contribution in [-0.4, -0.2) is 76.6 Å². The molecule has 0 radical (unpaired) electrons. The Morgan fingerprint density at radius 1 is 1.11 bits per heavy atom. The highest BCUT2D eigenvalue weighted by Gasteiger charge is 2.26. The molecule has 7 nitrogen and oxygen atoms in total. The molecule has 156 valence electrons. The van der Waals surface area contributed by atoms with Crippen LogP contribution in [0.15, 0.2) is 12.4 Å². The van der Waals surface area contributed by atoms with Gasteiger partial charge in [-0.15, -0.1) is 0 Å². The van der Waals surface area contributed by atoms with Gasteiger partial charge < -0.3 is 20.3 Å². The van der Waals surface area contributed by atoms with Crippen molar-refractivity contribution in [1.29, 1.82) is 0 Å². The summed E-state index contributed by atoms with van der Waals surface area (Å²) in [5.41, 5.74) is 6.32. The largest absolute Gasteiger partial charge is 0.375 e. The van der Waals surface area contributed by atoms with E-state index in [1.165, 1.54) is 32.1 Å². The summed E-state index contributed by atoms with van der Waals surface area (Å²) in [6.07, 6.45) is 10.5. The SMILES string of the molecule is CC(C)N1CCC(OC2CCN(CCCc3cnc(C(N)=O)cn3)CC2)CC1. The van der Waals surface area contributed by atoms with Crippen molar-refractivity contribution in [3.05, 3.63) is 23.8 Å². The lowest BCUT2D eigenvalue weighted by atomic mass is 10.0. The Hall–Kier alpha value is -1.57. The zero-order chi connectivity index (χ0) is 19.9. The molecule has 28 heavy (non-hydrogen) atoms. The molecule has 0 aromatic carbocycles. The molecule has 0 aliphatic carbocycles. The van der Waals surface area contributed by atoms with E-state index < -0.39 is 5.91 Å². The van der Waals surface area contributed by atoms with E-state index in [4.69, 9.17) is 10.5 Å². The number of hydrogen-bond acceptors (Lipinski definition) is 6. The molecule has 1 aromatic heterocycles. The number of carbonyl (C=O) groups is 1. The molecule has 2 fully saturated rings. The van der Waals surface area contributed by atoms with E-state index in [9.17, 15) is 4.79 Å². The maximum absolute atomic E-state index is 11.0. The summed E-state index contributed by atoms with van der Waals surface area (Å²) in [6.45, 7) is 10.2. The van der Waals surface area contributed by atoms with Crippen molar-refractivity contribution < 1.29 is 9.53 Å².